The van der Waals surface area contributed by atoms with Crippen molar-refractivity contribution >= 4 is 0 Å². The molecule has 2 heterocycles. The van der Waals surface area contributed by atoms with Crippen LogP contribution >= 0.6 is 0 Å². The number of hydrogen-bond acceptors (Lipinski definition) is 3. The number of benzene rings is 1. The van der Waals surface area contributed by atoms with Gasteiger partial charge in [0, 0.05) is 42.7 Å². The van der Waals surface area contributed by atoms with Gasteiger partial charge < -0.3 is 5.73 Å². The summed E-state index contributed by atoms with van der Waals surface area (Å²) in [5.74, 6) is -3.18. The monoisotopic (exact) mass is 336 g/mol. The fraction of sp³-hybridized carbons (Fsp3) is 0.471. The Morgan fingerprint density at radius 2 is 1.88 bits per heavy atom. The molecule has 1 fully saturated rings. The average Bonchev–Trinajstić information content (AvgIpc) is 3.13. The first-order chi connectivity index (χ1) is 11.5. The summed E-state index contributed by atoms with van der Waals surface area (Å²) in [6.07, 6.45) is 4.07. The van der Waals surface area contributed by atoms with E-state index in [9.17, 15) is 13.2 Å². The molecule has 1 aliphatic heterocycles. The minimum absolute atomic E-state index is 0.190. The number of aromatic nitrogens is 2. The van der Waals surface area contributed by atoms with E-state index in [0.29, 0.717) is 24.9 Å². The molecule has 24 heavy (non-hydrogen) atoms. The van der Waals surface area contributed by atoms with E-state index < -0.39 is 17.5 Å². The fourth-order valence-electron chi connectivity index (χ4n) is 4.07. The highest BCUT2D eigenvalue weighted by Crippen LogP contribution is 2.38. The summed E-state index contributed by atoms with van der Waals surface area (Å²) in [4.78, 5) is 2.35. The van der Waals surface area contributed by atoms with Crippen molar-refractivity contribution in [1.82, 2.24) is 15.1 Å². The van der Waals surface area contributed by atoms with Crippen LogP contribution in [0.2, 0.25) is 0 Å². The van der Waals surface area contributed by atoms with Crippen molar-refractivity contribution in [2.45, 2.75) is 50.4 Å². The van der Waals surface area contributed by atoms with Crippen LogP contribution in [-0.4, -0.2) is 27.2 Å². The molecule has 0 bridgehead atoms. The standard InChI is InChI=1S/C17H19F3N4/c18-13-5-15(20)14(19)4-12(13)11-2-1-10(3-16(11)21)24-7-9-6-22-23-17(9)8-24/h4-6,10-11,16H,1-3,7-8,21H2,(H,22,23)/t10-,11?,16-/m0/s1. The summed E-state index contributed by atoms with van der Waals surface area (Å²) in [6, 6.07) is 1.61. The molecule has 1 saturated carbocycles. The van der Waals surface area contributed by atoms with Crippen molar-refractivity contribution < 1.29 is 13.2 Å². The summed E-state index contributed by atoms with van der Waals surface area (Å²) in [6.45, 7) is 1.66. The topological polar surface area (TPSA) is 57.9 Å². The van der Waals surface area contributed by atoms with Gasteiger partial charge in [0.15, 0.2) is 11.6 Å². The van der Waals surface area contributed by atoms with Gasteiger partial charge >= 0.3 is 0 Å². The largest absolute Gasteiger partial charge is 0.327 e. The van der Waals surface area contributed by atoms with E-state index in [0.717, 1.165) is 31.3 Å². The lowest BCUT2D eigenvalue weighted by molar-refractivity contribution is 0.136. The summed E-state index contributed by atoms with van der Waals surface area (Å²) < 4.78 is 40.6. The lowest BCUT2D eigenvalue weighted by atomic mass is 9.77. The second-order valence-corrected chi connectivity index (χ2v) is 6.80. The van der Waals surface area contributed by atoms with E-state index >= 15 is 0 Å². The number of aromatic amines is 1. The van der Waals surface area contributed by atoms with Gasteiger partial charge in [0.2, 0.25) is 0 Å². The summed E-state index contributed by atoms with van der Waals surface area (Å²) >= 11 is 0. The molecular formula is C17H19F3N4. The van der Waals surface area contributed by atoms with E-state index in [2.05, 4.69) is 15.1 Å². The number of rotatable bonds is 2. The first kappa shape index (κ1) is 15.7. The highest BCUT2D eigenvalue weighted by atomic mass is 19.2. The van der Waals surface area contributed by atoms with Gasteiger partial charge in [-0.15, -0.1) is 0 Å². The summed E-state index contributed by atoms with van der Waals surface area (Å²) in [5.41, 5.74) is 8.81. The third-order valence-corrected chi connectivity index (χ3v) is 5.37. The molecule has 0 spiro atoms. The maximum absolute atomic E-state index is 14.0. The zero-order valence-electron chi connectivity index (χ0n) is 13.1. The molecule has 1 aromatic heterocycles. The normalized spacial score (nSPS) is 27.4. The van der Waals surface area contributed by atoms with Gasteiger partial charge in [-0.1, -0.05) is 0 Å². The van der Waals surface area contributed by atoms with Gasteiger partial charge in [0.1, 0.15) is 5.82 Å². The Balaban J connectivity index is 1.47. The molecule has 3 atom stereocenters. The molecule has 1 aliphatic carbocycles. The molecule has 1 aromatic carbocycles. The van der Waals surface area contributed by atoms with Gasteiger partial charge in [-0.05, 0) is 30.9 Å². The molecule has 2 aromatic rings. The molecule has 4 nitrogen and oxygen atoms in total. The second-order valence-electron chi connectivity index (χ2n) is 6.80. The van der Waals surface area contributed by atoms with Crippen molar-refractivity contribution in [3.63, 3.8) is 0 Å². The van der Waals surface area contributed by atoms with Crippen molar-refractivity contribution in [2.75, 3.05) is 0 Å². The van der Waals surface area contributed by atoms with Crippen LogP contribution in [0.4, 0.5) is 13.2 Å². The SMILES string of the molecule is N[C@H]1C[C@@H](N2Cc3cn[nH]c3C2)CCC1c1cc(F)c(F)cc1F. The average molecular weight is 336 g/mol. The third kappa shape index (κ3) is 2.61. The third-order valence-electron chi connectivity index (χ3n) is 5.37. The Bertz CT molecular complexity index is 740. The van der Waals surface area contributed by atoms with Gasteiger partial charge in [0.05, 0.1) is 11.9 Å². The fourth-order valence-corrected chi connectivity index (χ4v) is 4.07. The number of halogens is 3. The molecule has 0 amide bonds. The predicted molar refractivity (Wildman–Crippen MR) is 82.5 cm³/mol. The van der Waals surface area contributed by atoms with Crippen LogP contribution < -0.4 is 5.73 Å². The minimum atomic E-state index is -1.16. The van der Waals surface area contributed by atoms with Crippen LogP contribution in [-0.2, 0) is 13.1 Å². The zero-order chi connectivity index (χ0) is 16.8. The molecule has 4 rings (SSSR count). The van der Waals surface area contributed by atoms with E-state index in [4.69, 9.17) is 5.73 Å². The lowest BCUT2D eigenvalue weighted by Gasteiger charge is -2.38. The Morgan fingerprint density at radius 1 is 1.08 bits per heavy atom. The maximum Gasteiger partial charge on any atom is 0.161 e. The van der Waals surface area contributed by atoms with Crippen LogP contribution in [0.3, 0.4) is 0 Å². The Morgan fingerprint density at radius 3 is 2.62 bits per heavy atom. The number of nitrogens with one attached hydrogen (secondary N) is 1. The van der Waals surface area contributed by atoms with Gasteiger partial charge in [-0.2, -0.15) is 5.10 Å². The molecule has 2 aliphatic rings. The second kappa shape index (κ2) is 5.89. The Hall–Kier alpha value is -1.86. The molecule has 1 unspecified atom stereocenters. The van der Waals surface area contributed by atoms with Crippen molar-refractivity contribution in [1.29, 1.82) is 0 Å². The van der Waals surface area contributed by atoms with Crippen LogP contribution in [0, 0.1) is 17.5 Å². The minimum Gasteiger partial charge on any atom is -0.327 e. The Kier molecular flexibility index (Phi) is 3.85. The van der Waals surface area contributed by atoms with Crippen molar-refractivity contribution in [3.8, 4) is 0 Å². The molecule has 7 heteroatoms. The summed E-state index contributed by atoms with van der Waals surface area (Å²) in [5, 5.41) is 7.03. The van der Waals surface area contributed by atoms with Gasteiger partial charge in [-0.25, -0.2) is 13.2 Å². The van der Waals surface area contributed by atoms with E-state index in [-0.39, 0.29) is 17.5 Å². The Labute approximate surface area is 137 Å². The molecule has 0 radical (unpaired) electrons. The van der Waals surface area contributed by atoms with E-state index in [1.165, 1.54) is 5.56 Å². The lowest BCUT2D eigenvalue weighted by Crippen LogP contribution is -2.44. The zero-order valence-corrected chi connectivity index (χ0v) is 13.1. The number of nitrogens with two attached hydrogens (primary N) is 1. The van der Waals surface area contributed by atoms with Crippen LogP contribution in [0.1, 0.15) is 42.0 Å². The van der Waals surface area contributed by atoms with Crippen molar-refractivity contribution in [3.05, 3.63) is 52.6 Å². The number of nitrogens with zero attached hydrogens (tertiary/aromatic N) is 2. The molecule has 3 N–H and O–H groups in total. The highest BCUT2D eigenvalue weighted by Gasteiger charge is 2.36. The molecule has 128 valence electrons. The van der Waals surface area contributed by atoms with Crippen LogP contribution in [0.5, 0.6) is 0 Å². The summed E-state index contributed by atoms with van der Waals surface area (Å²) in [7, 11) is 0. The number of fused-ring (bicyclic) bond motifs is 1. The van der Waals surface area contributed by atoms with E-state index in [1.54, 1.807) is 0 Å². The van der Waals surface area contributed by atoms with Crippen LogP contribution in [0.15, 0.2) is 18.3 Å². The first-order valence-corrected chi connectivity index (χ1v) is 8.18. The molecular weight excluding hydrogens is 317 g/mol. The first-order valence-electron chi connectivity index (χ1n) is 8.18. The van der Waals surface area contributed by atoms with Gasteiger partial charge in [0.25, 0.3) is 0 Å². The maximum atomic E-state index is 14.0. The van der Waals surface area contributed by atoms with Crippen molar-refractivity contribution in [2.24, 2.45) is 5.73 Å². The van der Waals surface area contributed by atoms with Crippen LogP contribution in [0.25, 0.3) is 0 Å². The number of H-pyrrole nitrogens is 1. The number of hydrogen-bond donors (Lipinski definition) is 2. The van der Waals surface area contributed by atoms with Gasteiger partial charge in [-0.3, -0.25) is 10.00 Å². The molecule has 0 saturated heterocycles. The quantitative estimate of drug-likeness (QED) is 0.829. The highest BCUT2D eigenvalue weighted by molar-refractivity contribution is 5.27. The van der Waals surface area contributed by atoms with E-state index in [1.807, 2.05) is 6.20 Å². The smallest absolute Gasteiger partial charge is 0.161 e. The predicted octanol–water partition coefficient (Wildman–Crippen LogP) is 2.81.